The van der Waals surface area contributed by atoms with E-state index in [4.69, 9.17) is 0 Å². The third-order valence-corrected chi connectivity index (χ3v) is 4.80. The second kappa shape index (κ2) is 6.41. The first-order chi connectivity index (χ1) is 12.6. The van der Waals surface area contributed by atoms with E-state index in [0.717, 1.165) is 23.1 Å². The maximum Gasteiger partial charge on any atom is 0.363 e. The summed E-state index contributed by atoms with van der Waals surface area (Å²) in [6.07, 6.45) is 1.15. The lowest BCUT2D eigenvalue weighted by molar-refractivity contribution is -0.172. The van der Waals surface area contributed by atoms with Crippen LogP contribution >= 0.6 is 0 Å². The normalized spacial score (nSPS) is 20.0. The third-order valence-electron chi connectivity index (χ3n) is 3.73. The molecule has 140 valence electrons. The molecule has 12 heteroatoms. The number of nitrogens with zero attached hydrogens (tertiary/aromatic N) is 2. The summed E-state index contributed by atoms with van der Waals surface area (Å²) in [5, 5.41) is -2.24. The summed E-state index contributed by atoms with van der Waals surface area (Å²) < 4.78 is 32.9. The fourth-order valence-electron chi connectivity index (χ4n) is 2.47. The maximum absolute atomic E-state index is 12.2. The van der Waals surface area contributed by atoms with E-state index in [1.807, 2.05) is 0 Å². The van der Waals surface area contributed by atoms with Gasteiger partial charge in [-0.25, -0.2) is 18.1 Å². The van der Waals surface area contributed by atoms with Crippen LogP contribution in [-0.2, 0) is 34.1 Å². The molecule has 0 aliphatic carbocycles. The summed E-state index contributed by atoms with van der Waals surface area (Å²) in [6, 6.07) is 5.02. The van der Waals surface area contributed by atoms with E-state index in [9.17, 15) is 36.9 Å². The SMILES string of the molecule is O=C(ON1C(=O)CC(S(=O)(=O)[O-])C1=O)c1cccc(N2C(=O)C=CC2=O)c1. The van der Waals surface area contributed by atoms with Gasteiger partial charge in [0.25, 0.3) is 23.6 Å². The van der Waals surface area contributed by atoms with Crippen LogP contribution in [0.3, 0.4) is 0 Å². The van der Waals surface area contributed by atoms with Crippen LogP contribution in [0.4, 0.5) is 5.69 Å². The standard InChI is InChI=1S/C15H10N2O9S/c18-11-4-5-12(19)16(11)9-3-1-2-8(6-9)15(22)26-17-13(20)7-10(14(17)21)27(23,24)25/h1-6,10H,7H2,(H,23,24,25)/p-1. The van der Waals surface area contributed by atoms with Crippen molar-refractivity contribution in [1.29, 1.82) is 0 Å². The minimum Gasteiger partial charge on any atom is -0.747 e. The first-order valence-electron chi connectivity index (χ1n) is 7.29. The summed E-state index contributed by atoms with van der Waals surface area (Å²) in [4.78, 5) is 64.4. The van der Waals surface area contributed by atoms with Gasteiger partial charge >= 0.3 is 5.97 Å². The lowest BCUT2D eigenvalue weighted by Gasteiger charge is -2.17. The first kappa shape index (κ1) is 18.4. The number of anilines is 1. The summed E-state index contributed by atoms with van der Waals surface area (Å²) >= 11 is 0. The van der Waals surface area contributed by atoms with Gasteiger partial charge in [-0.1, -0.05) is 6.07 Å². The first-order valence-corrected chi connectivity index (χ1v) is 8.76. The van der Waals surface area contributed by atoms with Crippen molar-refractivity contribution in [2.45, 2.75) is 11.7 Å². The Hall–Kier alpha value is -3.38. The average Bonchev–Trinajstić information content (AvgIpc) is 3.08. The van der Waals surface area contributed by atoms with Crippen LogP contribution in [0, 0.1) is 0 Å². The number of benzene rings is 1. The highest BCUT2D eigenvalue weighted by atomic mass is 32.2. The zero-order valence-corrected chi connectivity index (χ0v) is 14.0. The molecule has 0 radical (unpaired) electrons. The molecule has 1 atom stereocenters. The van der Waals surface area contributed by atoms with Crippen molar-refractivity contribution in [2.24, 2.45) is 0 Å². The summed E-state index contributed by atoms with van der Waals surface area (Å²) in [5.74, 6) is -5.11. The Kier molecular flexibility index (Phi) is 4.37. The Bertz CT molecular complexity index is 1010. The maximum atomic E-state index is 12.2. The largest absolute Gasteiger partial charge is 0.747 e. The van der Waals surface area contributed by atoms with Gasteiger partial charge in [-0.2, -0.15) is 0 Å². The predicted octanol–water partition coefficient (Wildman–Crippen LogP) is -1.14. The second-order valence-electron chi connectivity index (χ2n) is 5.49. The molecule has 0 bridgehead atoms. The number of carbonyl (C=O) groups is 5. The van der Waals surface area contributed by atoms with E-state index in [1.54, 1.807) is 0 Å². The minimum absolute atomic E-state index is 0.0449. The van der Waals surface area contributed by atoms with Crippen LogP contribution in [0.5, 0.6) is 0 Å². The van der Waals surface area contributed by atoms with Crippen LogP contribution in [0.2, 0.25) is 0 Å². The highest BCUT2D eigenvalue weighted by Crippen LogP contribution is 2.23. The number of amides is 4. The number of hydroxylamine groups is 2. The van der Waals surface area contributed by atoms with Gasteiger partial charge in [-0.05, 0) is 18.2 Å². The molecule has 2 heterocycles. The zero-order chi connectivity index (χ0) is 19.9. The van der Waals surface area contributed by atoms with Gasteiger partial charge in [0.1, 0.15) is 15.4 Å². The topological polar surface area (TPSA) is 158 Å². The minimum atomic E-state index is -5.09. The Balaban J connectivity index is 1.80. The van der Waals surface area contributed by atoms with Crippen LogP contribution in [-0.4, -0.2) is 52.9 Å². The van der Waals surface area contributed by atoms with Crippen molar-refractivity contribution in [2.75, 3.05) is 4.90 Å². The molecule has 11 nitrogen and oxygen atoms in total. The van der Waals surface area contributed by atoms with Gasteiger partial charge < -0.3 is 9.39 Å². The number of imide groups is 2. The Morgan fingerprint density at radius 3 is 2.30 bits per heavy atom. The molecule has 2 aliphatic rings. The van der Waals surface area contributed by atoms with E-state index < -0.39 is 51.4 Å². The van der Waals surface area contributed by atoms with Gasteiger partial charge in [-0.15, -0.1) is 5.06 Å². The van der Waals surface area contributed by atoms with Gasteiger partial charge in [0.2, 0.25) is 0 Å². The third kappa shape index (κ3) is 3.35. The van der Waals surface area contributed by atoms with Gasteiger partial charge in [0.05, 0.1) is 17.7 Å². The lowest BCUT2D eigenvalue weighted by atomic mass is 10.2. The Labute approximate surface area is 151 Å². The van der Waals surface area contributed by atoms with Crippen molar-refractivity contribution in [3.05, 3.63) is 42.0 Å². The number of rotatable bonds is 4. The smallest absolute Gasteiger partial charge is 0.363 e. The van der Waals surface area contributed by atoms with Gasteiger partial charge in [0, 0.05) is 12.2 Å². The Morgan fingerprint density at radius 2 is 1.74 bits per heavy atom. The fourth-order valence-corrected chi connectivity index (χ4v) is 3.16. The highest BCUT2D eigenvalue weighted by Gasteiger charge is 2.45. The molecule has 1 aromatic rings. The molecule has 2 aliphatic heterocycles. The molecule has 0 N–H and O–H groups in total. The molecule has 0 saturated carbocycles. The molecule has 1 unspecified atom stereocenters. The van der Waals surface area contributed by atoms with E-state index in [-0.39, 0.29) is 16.3 Å². The summed E-state index contributed by atoms with van der Waals surface area (Å²) in [5.41, 5.74) is -0.183. The monoisotopic (exact) mass is 393 g/mol. The van der Waals surface area contributed by atoms with Crippen LogP contribution < -0.4 is 4.90 Å². The van der Waals surface area contributed by atoms with Gasteiger partial charge in [-0.3, -0.25) is 19.2 Å². The molecular formula is C15H9N2O9S-. The van der Waals surface area contributed by atoms with Crippen LogP contribution in [0.25, 0.3) is 0 Å². The number of carbonyl (C=O) groups excluding carboxylic acids is 5. The molecular weight excluding hydrogens is 384 g/mol. The van der Waals surface area contributed by atoms with Gasteiger partial charge in [0.15, 0.2) is 0 Å². The predicted molar refractivity (Wildman–Crippen MR) is 83.4 cm³/mol. The quantitative estimate of drug-likeness (QED) is 0.455. The van der Waals surface area contributed by atoms with Crippen molar-refractivity contribution < 1.29 is 41.8 Å². The van der Waals surface area contributed by atoms with Crippen molar-refractivity contribution in [3.8, 4) is 0 Å². The average molecular weight is 393 g/mol. The highest BCUT2D eigenvalue weighted by molar-refractivity contribution is 7.87. The second-order valence-corrected chi connectivity index (χ2v) is 7.04. The zero-order valence-electron chi connectivity index (χ0n) is 13.2. The van der Waals surface area contributed by atoms with Crippen molar-refractivity contribution in [3.63, 3.8) is 0 Å². The number of hydrogen-bond acceptors (Lipinski definition) is 9. The molecule has 1 saturated heterocycles. The summed E-state index contributed by atoms with van der Waals surface area (Å²) in [7, 11) is -5.09. The molecule has 27 heavy (non-hydrogen) atoms. The molecule has 0 aromatic heterocycles. The van der Waals surface area contributed by atoms with E-state index in [0.29, 0.717) is 0 Å². The fraction of sp³-hybridized carbons (Fsp3) is 0.133. The molecule has 1 fully saturated rings. The molecule has 4 amide bonds. The van der Waals surface area contributed by atoms with Crippen molar-refractivity contribution >= 4 is 45.4 Å². The van der Waals surface area contributed by atoms with Crippen LogP contribution in [0.15, 0.2) is 36.4 Å². The Morgan fingerprint density at radius 1 is 1.11 bits per heavy atom. The van der Waals surface area contributed by atoms with E-state index >= 15 is 0 Å². The van der Waals surface area contributed by atoms with Crippen LogP contribution in [0.1, 0.15) is 16.8 Å². The lowest BCUT2D eigenvalue weighted by Crippen LogP contribution is -2.36. The summed E-state index contributed by atoms with van der Waals surface area (Å²) in [6.45, 7) is 0. The van der Waals surface area contributed by atoms with Crippen molar-refractivity contribution in [1.82, 2.24) is 5.06 Å². The number of hydrogen-bond donors (Lipinski definition) is 0. The molecule has 0 spiro atoms. The van der Waals surface area contributed by atoms with E-state index in [2.05, 4.69) is 4.84 Å². The van der Waals surface area contributed by atoms with E-state index in [1.165, 1.54) is 18.2 Å². The molecule has 1 aromatic carbocycles. The molecule has 3 rings (SSSR count).